The third-order valence-corrected chi connectivity index (χ3v) is 1.77. The van der Waals surface area contributed by atoms with E-state index in [0.717, 1.165) is 0 Å². The highest BCUT2D eigenvalue weighted by molar-refractivity contribution is 5.91. The third kappa shape index (κ3) is 1.08. The number of nitrogens with two attached hydrogens (primary N) is 1. The van der Waals surface area contributed by atoms with Crippen molar-refractivity contribution < 1.29 is 4.92 Å². The predicted molar refractivity (Wildman–Crippen MR) is 47.2 cm³/mol. The molecular formula is C7H6N4O2. The van der Waals surface area contributed by atoms with Crippen LogP contribution >= 0.6 is 0 Å². The topological polar surface area (TPSA) is 97.8 Å². The zero-order chi connectivity index (χ0) is 9.42. The lowest BCUT2D eigenvalue weighted by atomic mass is 10.2. The highest BCUT2D eigenvalue weighted by Gasteiger charge is 2.10. The maximum absolute atomic E-state index is 10.4. The molecule has 1 aromatic carbocycles. The van der Waals surface area contributed by atoms with Gasteiger partial charge in [0.15, 0.2) is 0 Å². The standard InChI is InChI=1S/C7H6N4O2/c8-6-2-5(11(12)13)1-4-3-9-10-7(4)6/h1-3H,8H2,(H,9,10). The van der Waals surface area contributed by atoms with E-state index >= 15 is 0 Å². The molecular weight excluding hydrogens is 172 g/mol. The van der Waals surface area contributed by atoms with Gasteiger partial charge in [-0.3, -0.25) is 15.2 Å². The Kier molecular flexibility index (Phi) is 1.42. The number of anilines is 1. The fraction of sp³-hybridized carbons (Fsp3) is 0. The van der Waals surface area contributed by atoms with E-state index in [0.29, 0.717) is 16.6 Å². The summed E-state index contributed by atoms with van der Waals surface area (Å²) in [6.45, 7) is 0. The molecule has 0 amide bonds. The Balaban J connectivity index is 2.77. The predicted octanol–water partition coefficient (Wildman–Crippen LogP) is 1.05. The van der Waals surface area contributed by atoms with Crippen molar-refractivity contribution in [3.05, 3.63) is 28.4 Å². The molecule has 6 heteroatoms. The van der Waals surface area contributed by atoms with Gasteiger partial charge in [0.25, 0.3) is 5.69 Å². The molecule has 0 aliphatic heterocycles. The second kappa shape index (κ2) is 2.44. The van der Waals surface area contributed by atoms with E-state index in [1.807, 2.05) is 0 Å². The Morgan fingerprint density at radius 3 is 3.00 bits per heavy atom. The maximum atomic E-state index is 10.4. The lowest BCUT2D eigenvalue weighted by Gasteiger charge is -1.95. The van der Waals surface area contributed by atoms with Gasteiger partial charge in [-0.1, -0.05) is 0 Å². The van der Waals surface area contributed by atoms with Crippen molar-refractivity contribution in [2.45, 2.75) is 0 Å². The number of fused-ring (bicyclic) bond motifs is 1. The van der Waals surface area contributed by atoms with Crippen LogP contribution in [0.4, 0.5) is 11.4 Å². The molecule has 0 fully saturated rings. The Labute approximate surface area is 72.5 Å². The minimum Gasteiger partial charge on any atom is -0.397 e. The van der Waals surface area contributed by atoms with Gasteiger partial charge in [0.2, 0.25) is 0 Å². The second-order valence-corrected chi connectivity index (χ2v) is 2.63. The molecule has 1 heterocycles. The van der Waals surface area contributed by atoms with Crippen molar-refractivity contribution in [2.75, 3.05) is 5.73 Å². The minimum absolute atomic E-state index is 0.0219. The van der Waals surface area contributed by atoms with E-state index < -0.39 is 4.92 Å². The first-order valence-electron chi connectivity index (χ1n) is 3.55. The van der Waals surface area contributed by atoms with Gasteiger partial charge in [-0.25, -0.2) is 0 Å². The molecule has 0 aliphatic carbocycles. The van der Waals surface area contributed by atoms with E-state index in [1.165, 1.54) is 18.3 Å². The second-order valence-electron chi connectivity index (χ2n) is 2.63. The average molecular weight is 178 g/mol. The van der Waals surface area contributed by atoms with Gasteiger partial charge in [-0.2, -0.15) is 5.10 Å². The largest absolute Gasteiger partial charge is 0.397 e. The number of aromatic nitrogens is 2. The van der Waals surface area contributed by atoms with Crippen LogP contribution in [0.5, 0.6) is 0 Å². The number of hydrogen-bond donors (Lipinski definition) is 2. The van der Waals surface area contributed by atoms with Gasteiger partial charge in [-0.15, -0.1) is 0 Å². The average Bonchev–Trinajstić information content (AvgIpc) is 2.51. The van der Waals surface area contributed by atoms with E-state index in [-0.39, 0.29) is 5.69 Å². The number of H-pyrrole nitrogens is 1. The zero-order valence-corrected chi connectivity index (χ0v) is 6.52. The Hall–Kier alpha value is -2.11. The molecule has 2 rings (SSSR count). The van der Waals surface area contributed by atoms with Crippen LogP contribution in [0.25, 0.3) is 10.9 Å². The van der Waals surface area contributed by atoms with Gasteiger partial charge in [-0.05, 0) is 0 Å². The molecule has 2 aromatic rings. The molecule has 0 spiro atoms. The summed E-state index contributed by atoms with van der Waals surface area (Å²) in [4.78, 5) is 9.95. The number of aromatic amines is 1. The molecule has 66 valence electrons. The monoisotopic (exact) mass is 178 g/mol. The summed E-state index contributed by atoms with van der Waals surface area (Å²) >= 11 is 0. The SMILES string of the molecule is Nc1cc([N+](=O)[O-])cc2cn[nH]c12. The molecule has 3 N–H and O–H groups in total. The summed E-state index contributed by atoms with van der Waals surface area (Å²) in [5.41, 5.74) is 6.51. The smallest absolute Gasteiger partial charge is 0.272 e. The summed E-state index contributed by atoms with van der Waals surface area (Å²) in [5.74, 6) is 0. The van der Waals surface area contributed by atoms with Crippen molar-refractivity contribution in [3.8, 4) is 0 Å². The highest BCUT2D eigenvalue weighted by atomic mass is 16.6. The number of nitro benzene ring substituents is 1. The maximum Gasteiger partial charge on any atom is 0.272 e. The Morgan fingerprint density at radius 2 is 2.31 bits per heavy atom. The fourth-order valence-electron chi connectivity index (χ4n) is 1.17. The number of benzene rings is 1. The van der Waals surface area contributed by atoms with Crippen molar-refractivity contribution >= 4 is 22.3 Å². The number of nitrogens with zero attached hydrogens (tertiary/aromatic N) is 2. The van der Waals surface area contributed by atoms with E-state index in [1.54, 1.807) is 0 Å². The molecule has 1 aromatic heterocycles. The van der Waals surface area contributed by atoms with Crippen LogP contribution in [-0.2, 0) is 0 Å². The number of nitrogens with one attached hydrogen (secondary N) is 1. The first-order chi connectivity index (χ1) is 6.18. The van der Waals surface area contributed by atoms with Crippen LogP contribution in [0.15, 0.2) is 18.3 Å². The number of nitro groups is 1. The normalized spacial score (nSPS) is 10.5. The highest BCUT2D eigenvalue weighted by Crippen LogP contribution is 2.24. The Morgan fingerprint density at radius 1 is 1.54 bits per heavy atom. The molecule has 13 heavy (non-hydrogen) atoms. The Bertz CT molecular complexity index is 476. The summed E-state index contributed by atoms with van der Waals surface area (Å²) in [7, 11) is 0. The van der Waals surface area contributed by atoms with Crippen LogP contribution in [0, 0.1) is 10.1 Å². The van der Waals surface area contributed by atoms with Crippen molar-refractivity contribution in [3.63, 3.8) is 0 Å². The molecule has 6 nitrogen and oxygen atoms in total. The fourth-order valence-corrected chi connectivity index (χ4v) is 1.17. The van der Waals surface area contributed by atoms with Gasteiger partial charge >= 0.3 is 0 Å². The van der Waals surface area contributed by atoms with Gasteiger partial charge in [0, 0.05) is 17.5 Å². The van der Waals surface area contributed by atoms with Crippen LogP contribution in [0.3, 0.4) is 0 Å². The van der Waals surface area contributed by atoms with Crippen LogP contribution < -0.4 is 5.73 Å². The van der Waals surface area contributed by atoms with Crippen molar-refractivity contribution in [2.24, 2.45) is 0 Å². The van der Waals surface area contributed by atoms with Crippen LogP contribution in [-0.4, -0.2) is 15.1 Å². The van der Waals surface area contributed by atoms with Gasteiger partial charge in [0.1, 0.15) is 0 Å². The van der Waals surface area contributed by atoms with Crippen LogP contribution in [0.2, 0.25) is 0 Å². The number of nitrogen functional groups attached to an aromatic ring is 1. The number of hydrogen-bond acceptors (Lipinski definition) is 4. The summed E-state index contributed by atoms with van der Waals surface area (Å²) < 4.78 is 0. The molecule has 0 unspecified atom stereocenters. The first-order valence-corrected chi connectivity index (χ1v) is 3.55. The third-order valence-electron chi connectivity index (χ3n) is 1.77. The van der Waals surface area contributed by atoms with E-state index in [4.69, 9.17) is 5.73 Å². The summed E-state index contributed by atoms with van der Waals surface area (Å²) in [6.07, 6.45) is 1.50. The molecule has 0 bridgehead atoms. The van der Waals surface area contributed by atoms with E-state index in [2.05, 4.69) is 10.2 Å². The number of non-ortho nitro benzene ring substituents is 1. The quantitative estimate of drug-likeness (QED) is 0.387. The molecule has 0 atom stereocenters. The molecule has 0 radical (unpaired) electrons. The zero-order valence-electron chi connectivity index (χ0n) is 6.52. The van der Waals surface area contributed by atoms with Gasteiger partial charge in [0.05, 0.1) is 22.3 Å². The van der Waals surface area contributed by atoms with Crippen molar-refractivity contribution in [1.29, 1.82) is 0 Å². The number of rotatable bonds is 1. The van der Waals surface area contributed by atoms with E-state index in [9.17, 15) is 10.1 Å². The van der Waals surface area contributed by atoms with Crippen LogP contribution in [0.1, 0.15) is 0 Å². The van der Waals surface area contributed by atoms with Gasteiger partial charge < -0.3 is 5.73 Å². The minimum atomic E-state index is -0.483. The first kappa shape index (κ1) is 7.53. The molecule has 0 aliphatic rings. The lowest BCUT2D eigenvalue weighted by Crippen LogP contribution is -1.92. The molecule has 0 saturated heterocycles. The molecule has 0 saturated carbocycles. The van der Waals surface area contributed by atoms with Crippen molar-refractivity contribution in [1.82, 2.24) is 10.2 Å². The summed E-state index contributed by atoms with van der Waals surface area (Å²) in [5, 5.41) is 17.5. The summed E-state index contributed by atoms with van der Waals surface area (Å²) in [6, 6.07) is 2.73. The lowest BCUT2D eigenvalue weighted by molar-refractivity contribution is -0.384.